The van der Waals surface area contributed by atoms with Gasteiger partial charge in [-0.15, -0.1) is 12.4 Å². The van der Waals surface area contributed by atoms with Gasteiger partial charge in [-0.05, 0) is 26.0 Å². The van der Waals surface area contributed by atoms with Crippen LogP contribution < -0.4 is 10.6 Å². The molecule has 4 nitrogen and oxygen atoms in total. The van der Waals surface area contributed by atoms with Gasteiger partial charge in [-0.3, -0.25) is 4.79 Å². The molecular weight excluding hydrogens is 228 g/mol. The van der Waals surface area contributed by atoms with Crippen LogP contribution in [0.1, 0.15) is 29.5 Å². The SMILES string of the molecule is CCCNCCNC(=O)c1occc1C.Cl. The lowest BCUT2D eigenvalue weighted by Crippen LogP contribution is -2.32. The van der Waals surface area contributed by atoms with Crippen molar-refractivity contribution in [3.8, 4) is 0 Å². The Morgan fingerprint density at radius 3 is 2.69 bits per heavy atom. The molecule has 0 aromatic carbocycles. The lowest BCUT2D eigenvalue weighted by Gasteiger charge is -2.04. The molecule has 0 aliphatic rings. The Bertz CT molecular complexity index is 313. The minimum atomic E-state index is -0.143. The zero-order chi connectivity index (χ0) is 11.1. The maximum Gasteiger partial charge on any atom is 0.287 e. The van der Waals surface area contributed by atoms with Crippen LogP contribution in [0.4, 0.5) is 0 Å². The first-order valence-electron chi connectivity index (χ1n) is 5.28. The van der Waals surface area contributed by atoms with E-state index in [9.17, 15) is 4.79 Å². The summed E-state index contributed by atoms with van der Waals surface area (Å²) in [7, 11) is 0. The van der Waals surface area contributed by atoms with E-state index in [1.807, 2.05) is 6.92 Å². The highest BCUT2D eigenvalue weighted by molar-refractivity contribution is 5.92. The van der Waals surface area contributed by atoms with Gasteiger partial charge in [0.25, 0.3) is 5.91 Å². The first kappa shape index (κ1) is 15.0. The van der Waals surface area contributed by atoms with Gasteiger partial charge in [-0.25, -0.2) is 0 Å². The van der Waals surface area contributed by atoms with E-state index in [-0.39, 0.29) is 18.3 Å². The number of aryl methyl sites for hydroxylation is 1. The highest BCUT2D eigenvalue weighted by Gasteiger charge is 2.10. The second-order valence-corrected chi connectivity index (χ2v) is 3.44. The van der Waals surface area contributed by atoms with Crippen molar-refractivity contribution in [1.82, 2.24) is 10.6 Å². The molecule has 92 valence electrons. The number of nitrogens with one attached hydrogen (secondary N) is 2. The molecule has 0 unspecified atom stereocenters. The molecule has 0 saturated heterocycles. The summed E-state index contributed by atoms with van der Waals surface area (Å²) in [6, 6.07) is 1.78. The minimum absolute atomic E-state index is 0. The van der Waals surface area contributed by atoms with Crippen LogP contribution in [0.3, 0.4) is 0 Å². The molecule has 1 heterocycles. The third kappa shape index (κ3) is 4.68. The number of furan rings is 1. The summed E-state index contributed by atoms with van der Waals surface area (Å²) in [5, 5.41) is 5.99. The average Bonchev–Trinajstić information content (AvgIpc) is 2.64. The molecule has 2 N–H and O–H groups in total. The van der Waals surface area contributed by atoms with Crippen LogP contribution in [0.2, 0.25) is 0 Å². The fourth-order valence-corrected chi connectivity index (χ4v) is 1.25. The van der Waals surface area contributed by atoms with E-state index < -0.39 is 0 Å². The van der Waals surface area contributed by atoms with Crippen LogP contribution in [0.15, 0.2) is 16.7 Å². The molecule has 0 aliphatic heterocycles. The van der Waals surface area contributed by atoms with Crippen LogP contribution in [0, 0.1) is 6.92 Å². The summed E-state index contributed by atoms with van der Waals surface area (Å²) >= 11 is 0. The Hall–Kier alpha value is -1.00. The van der Waals surface area contributed by atoms with Crippen molar-refractivity contribution in [3.63, 3.8) is 0 Å². The maximum atomic E-state index is 11.5. The Morgan fingerprint density at radius 2 is 2.12 bits per heavy atom. The molecule has 0 atom stereocenters. The van der Waals surface area contributed by atoms with E-state index in [0.29, 0.717) is 12.3 Å². The van der Waals surface area contributed by atoms with E-state index in [2.05, 4.69) is 17.6 Å². The smallest absolute Gasteiger partial charge is 0.287 e. The first-order chi connectivity index (χ1) is 7.25. The Morgan fingerprint density at radius 1 is 1.38 bits per heavy atom. The van der Waals surface area contributed by atoms with Crippen molar-refractivity contribution < 1.29 is 9.21 Å². The second-order valence-electron chi connectivity index (χ2n) is 3.44. The summed E-state index contributed by atoms with van der Waals surface area (Å²) in [4.78, 5) is 11.5. The molecule has 0 aliphatic carbocycles. The predicted molar refractivity (Wildman–Crippen MR) is 66.2 cm³/mol. The molecule has 1 aromatic heterocycles. The van der Waals surface area contributed by atoms with Gasteiger partial charge < -0.3 is 15.1 Å². The number of halogens is 1. The number of hydrogen-bond acceptors (Lipinski definition) is 3. The number of hydrogen-bond donors (Lipinski definition) is 2. The van der Waals surface area contributed by atoms with E-state index in [4.69, 9.17) is 4.42 Å². The van der Waals surface area contributed by atoms with Gasteiger partial charge >= 0.3 is 0 Å². The van der Waals surface area contributed by atoms with Crippen LogP contribution in [0.5, 0.6) is 0 Å². The van der Waals surface area contributed by atoms with Gasteiger partial charge in [0.1, 0.15) is 0 Å². The number of carbonyl (C=O) groups excluding carboxylic acids is 1. The van der Waals surface area contributed by atoms with Gasteiger partial charge in [-0.2, -0.15) is 0 Å². The van der Waals surface area contributed by atoms with E-state index in [0.717, 1.165) is 25.1 Å². The summed E-state index contributed by atoms with van der Waals surface area (Å²) < 4.78 is 5.07. The topological polar surface area (TPSA) is 54.3 Å². The van der Waals surface area contributed by atoms with Gasteiger partial charge in [0, 0.05) is 18.7 Å². The van der Waals surface area contributed by atoms with Gasteiger partial charge in [-0.1, -0.05) is 6.92 Å². The third-order valence-electron chi connectivity index (χ3n) is 2.08. The highest BCUT2D eigenvalue weighted by Crippen LogP contribution is 2.07. The van der Waals surface area contributed by atoms with Crippen molar-refractivity contribution in [2.75, 3.05) is 19.6 Å². The number of amides is 1. The van der Waals surface area contributed by atoms with Crippen molar-refractivity contribution in [1.29, 1.82) is 0 Å². The van der Waals surface area contributed by atoms with Crippen LogP contribution in [-0.4, -0.2) is 25.5 Å². The normalized spacial score (nSPS) is 9.62. The van der Waals surface area contributed by atoms with E-state index in [1.165, 1.54) is 6.26 Å². The predicted octanol–water partition coefficient (Wildman–Crippen LogP) is 1.74. The molecule has 1 rings (SSSR count). The maximum absolute atomic E-state index is 11.5. The fourth-order valence-electron chi connectivity index (χ4n) is 1.25. The molecule has 1 amide bonds. The second kappa shape index (κ2) is 8.19. The molecule has 0 radical (unpaired) electrons. The van der Waals surface area contributed by atoms with E-state index >= 15 is 0 Å². The zero-order valence-corrected chi connectivity index (χ0v) is 10.5. The van der Waals surface area contributed by atoms with Crippen LogP contribution >= 0.6 is 12.4 Å². The fraction of sp³-hybridized carbons (Fsp3) is 0.545. The van der Waals surface area contributed by atoms with Crippen LogP contribution in [-0.2, 0) is 0 Å². The number of carbonyl (C=O) groups is 1. The van der Waals surface area contributed by atoms with E-state index in [1.54, 1.807) is 6.07 Å². The van der Waals surface area contributed by atoms with Crippen molar-refractivity contribution in [2.45, 2.75) is 20.3 Å². The third-order valence-corrected chi connectivity index (χ3v) is 2.08. The van der Waals surface area contributed by atoms with Gasteiger partial charge in [0.2, 0.25) is 0 Å². The Kier molecular flexibility index (Phi) is 7.68. The summed E-state index contributed by atoms with van der Waals surface area (Å²) in [6.07, 6.45) is 2.63. The zero-order valence-electron chi connectivity index (χ0n) is 9.71. The van der Waals surface area contributed by atoms with Crippen molar-refractivity contribution >= 4 is 18.3 Å². The standard InChI is InChI=1S/C11H18N2O2.ClH/c1-3-5-12-6-7-13-11(14)10-9(2)4-8-15-10;/h4,8,12H,3,5-7H2,1-2H3,(H,13,14);1H. The summed E-state index contributed by atoms with van der Waals surface area (Å²) in [6.45, 7) is 6.36. The molecule has 0 spiro atoms. The average molecular weight is 247 g/mol. The number of rotatable bonds is 6. The molecule has 0 fully saturated rings. The monoisotopic (exact) mass is 246 g/mol. The molecule has 0 bridgehead atoms. The van der Waals surface area contributed by atoms with Crippen LogP contribution in [0.25, 0.3) is 0 Å². The Labute approximate surface area is 102 Å². The Balaban J connectivity index is 0.00000225. The molecule has 1 aromatic rings. The highest BCUT2D eigenvalue weighted by atomic mass is 35.5. The molecule has 5 heteroatoms. The largest absolute Gasteiger partial charge is 0.459 e. The van der Waals surface area contributed by atoms with Gasteiger partial charge in [0.15, 0.2) is 5.76 Å². The summed E-state index contributed by atoms with van der Waals surface area (Å²) in [5.74, 6) is 0.265. The molecular formula is C11H19ClN2O2. The molecule has 0 saturated carbocycles. The van der Waals surface area contributed by atoms with Gasteiger partial charge in [0.05, 0.1) is 6.26 Å². The first-order valence-corrected chi connectivity index (χ1v) is 5.28. The molecule has 16 heavy (non-hydrogen) atoms. The lowest BCUT2D eigenvalue weighted by molar-refractivity contribution is 0.0925. The van der Waals surface area contributed by atoms with Crippen molar-refractivity contribution in [3.05, 3.63) is 23.7 Å². The quantitative estimate of drug-likeness (QED) is 0.752. The summed E-state index contributed by atoms with van der Waals surface area (Å²) in [5.41, 5.74) is 0.869. The van der Waals surface area contributed by atoms with Crippen molar-refractivity contribution in [2.24, 2.45) is 0 Å². The minimum Gasteiger partial charge on any atom is -0.459 e. The lowest BCUT2D eigenvalue weighted by atomic mass is 10.3.